The van der Waals surface area contributed by atoms with E-state index in [-0.39, 0.29) is 11.5 Å². The first-order valence-corrected chi connectivity index (χ1v) is 6.60. The van der Waals surface area contributed by atoms with Crippen LogP contribution in [-0.4, -0.2) is 5.11 Å². The predicted molar refractivity (Wildman–Crippen MR) is 74.2 cm³/mol. The maximum absolute atomic E-state index is 10.3. The molecule has 0 amide bonds. The Kier molecular flexibility index (Phi) is 4.76. The Hall–Kier alpha value is -0.820. The monoisotopic (exact) mass is 234 g/mol. The fraction of sp³-hybridized carbons (Fsp3) is 0.625. The Morgan fingerprint density at radius 2 is 1.65 bits per heavy atom. The second kappa shape index (κ2) is 5.68. The molecule has 0 aliphatic rings. The van der Waals surface area contributed by atoms with Crippen LogP contribution >= 0.6 is 0 Å². The fourth-order valence-corrected chi connectivity index (χ4v) is 2.12. The zero-order valence-corrected chi connectivity index (χ0v) is 11.8. The molecule has 0 aromatic heterocycles. The van der Waals surface area contributed by atoms with Crippen molar-refractivity contribution in [3.63, 3.8) is 0 Å². The van der Waals surface area contributed by atoms with Gasteiger partial charge in [-0.1, -0.05) is 58.9 Å². The molecule has 0 bridgehead atoms. The van der Waals surface area contributed by atoms with Crippen molar-refractivity contribution in [2.24, 2.45) is 5.92 Å². The lowest BCUT2D eigenvalue weighted by atomic mass is 9.81. The summed E-state index contributed by atoms with van der Waals surface area (Å²) in [7, 11) is 0. The van der Waals surface area contributed by atoms with Crippen molar-refractivity contribution in [2.45, 2.75) is 59.0 Å². The van der Waals surface area contributed by atoms with Crippen LogP contribution in [0.5, 0.6) is 0 Å². The SMILES string of the molecule is CC(C)CCC(O)c1ccccc1C(C)(C)C. The van der Waals surface area contributed by atoms with E-state index in [4.69, 9.17) is 0 Å². The molecule has 1 aromatic carbocycles. The highest BCUT2D eigenvalue weighted by molar-refractivity contribution is 5.34. The van der Waals surface area contributed by atoms with Crippen molar-refractivity contribution < 1.29 is 5.11 Å². The molecule has 0 aliphatic heterocycles. The van der Waals surface area contributed by atoms with Crippen LogP contribution in [0.1, 0.15) is 64.7 Å². The van der Waals surface area contributed by atoms with E-state index in [2.05, 4.69) is 52.8 Å². The zero-order chi connectivity index (χ0) is 13.1. The van der Waals surface area contributed by atoms with Crippen LogP contribution in [0.15, 0.2) is 24.3 Å². The summed E-state index contributed by atoms with van der Waals surface area (Å²) in [6, 6.07) is 8.27. The number of aliphatic hydroxyl groups is 1. The molecule has 0 fully saturated rings. The van der Waals surface area contributed by atoms with E-state index in [1.165, 1.54) is 5.56 Å². The molecule has 96 valence electrons. The number of rotatable bonds is 4. The second-order valence-corrected chi connectivity index (χ2v) is 6.32. The summed E-state index contributed by atoms with van der Waals surface area (Å²) in [5.41, 5.74) is 2.45. The normalized spacial score (nSPS) is 14.1. The van der Waals surface area contributed by atoms with Gasteiger partial charge in [0.25, 0.3) is 0 Å². The van der Waals surface area contributed by atoms with Crippen LogP contribution < -0.4 is 0 Å². The average molecular weight is 234 g/mol. The highest BCUT2D eigenvalue weighted by Gasteiger charge is 2.21. The number of aliphatic hydroxyl groups excluding tert-OH is 1. The Bertz CT molecular complexity index is 347. The van der Waals surface area contributed by atoms with Crippen molar-refractivity contribution in [3.05, 3.63) is 35.4 Å². The molecule has 17 heavy (non-hydrogen) atoms. The van der Waals surface area contributed by atoms with Gasteiger partial charge in [0.1, 0.15) is 0 Å². The molecule has 1 nitrogen and oxygen atoms in total. The molecule has 0 heterocycles. The van der Waals surface area contributed by atoms with Gasteiger partial charge in [0.15, 0.2) is 0 Å². The first-order valence-electron chi connectivity index (χ1n) is 6.60. The van der Waals surface area contributed by atoms with Gasteiger partial charge in [-0.25, -0.2) is 0 Å². The number of hydrogen-bond acceptors (Lipinski definition) is 1. The van der Waals surface area contributed by atoms with Crippen LogP contribution in [0, 0.1) is 5.92 Å². The molecular formula is C16H26O. The Morgan fingerprint density at radius 3 is 2.18 bits per heavy atom. The van der Waals surface area contributed by atoms with Crippen LogP contribution in [0.3, 0.4) is 0 Å². The van der Waals surface area contributed by atoms with Gasteiger partial charge in [0.2, 0.25) is 0 Å². The summed E-state index contributed by atoms with van der Waals surface area (Å²) >= 11 is 0. The molecular weight excluding hydrogens is 208 g/mol. The van der Waals surface area contributed by atoms with Crippen molar-refractivity contribution in [3.8, 4) is 0 Å². The minimum Gasteiger partial charge on any atom is -0.388 e. The van der Waals surface area contributed by atoms with E-state index in [1.54, 1.807) is 0 Å². The second-order valence-electron chi connectivity index (χ2n) is 6.32. The minimum absolute atomic E-state index is 0.0927. The van der Waals surface area contributed by atoms with E-state index in [9.17, 15) is 5.11 Å². The highest BCUT2D eigenvalue weighted by atomic mass is 16.3. The van der Waals surface area contributed by atoms with Gasteiger partial charge in [-0.05, 0) is 35.3 Å². The van der Waals surface area contributed by atoms with Crippen LogP contribution in [0.2, 0.25) is 0 Å². The summed E-state index contributed by atoms with van der Waals surface area (Å²) in [5.74, 6) is 0.645. The summed E-state index contributed by atoms with van der Waals surface area (Å²) < 4.78 is 0. The maximum atomic E-state index is 10.3. The van der Waals surface area contributed by atoms with Gasteiger partial charge in [-0.2, -0.15) is 0 Å². The van der Waals surface area contributed by atoms with Crippen molar-refractivity contribution >= 4 is 0 Å². The third-order valence-corrected chi connectivity index (χ3v) is 3.15. The molecule has 1 aromatic rings. The molecule has 1 N–H and O–H groups in total. The smallest absolute Gasteiger partial charge is 0.0793 e. The summed E-state index contributed by atoms with van der Waals surface area (Å²) in [4.78, 5) is 0. The Morgan fingerprint density at radius 1 is 1.06 bits per heavy atom. The number of benzene rings is 1. The van der Waals surface area contributed by atoms with E-state index < -0.39 is 0 Å². The van der Waals surface area contributed by atoms with Gasteiger partial charge in [-0.3, -0.25) is 0 Å². The zero-order valence-electron chi connectivity index (χ0n) is 11.8. The van der Waals surface area contributed by atoms with E-state index in [0.29, 0.717) is 5.92 Å². The van der Waals surface area contributed by atoms with Gasteiger partial charge in [0.05, 0.1) is 6.10 Å². The molecule has 0 spiro atoms. The molecule has 0 radical (unpaired) electrons. The topological polar surface area (TPSA) is 20.2 Å². The lowest BCUT2D eigenvalue weighted by Crippen LogP contribution is -2.16. The third-order valence-electron chi connectivity index (χ3n) is 3.15. The van der Waals surface area contributed by atoms with Gasteiger partial charge in [-0.15, -0.1) is 0 Å². The van der Waals surface area contributed by atoms with E-state index in [0.717, 1.165) is 18.4 Å². The summed E-state index contributed by atoms with van der Waals surface area (Å²) in [5, 5.41) is 10.3. The summed E-state index contributed by atoms with van der Waals surface area (Å²) in [6.45, 7) is 11.0. The Balaban J connectivity index is 2.89. The van der Waals surface area contributed by atoms with Crippen LogP contribution in [-0.2, 0) is 5.41 Å². The highest BCUT2D eigenvalue weighted by Crippen LogP contribution is 2.31. The van der Waals surface area contributed by atoms with E-state index >= 15 is 0 Å². The molecule has 0 aliphatic carbocycles. The molecule has 0 saturated carbocycles. The quantitative estimate of drug-likeness (QED) is 0.816. The molecule has 1 rings (SSSR count). The largest absolute Gasteiger partial charge is 0.388 e. The van der Waals surface area contributed by atoms with E-state index in [1.807, 2.05) is 6.07 Å². The van der Waals surface area contributed by atoms with Crippen LogP contribution in [0.4, 0.5) is 0 Å². The molecule has 1 atom stereocenters. The maximum Gasteiger partial charge on any atom is 0.0793 e. The van der Waals surface area contributed by atoms with Gasteiger partial charge >= 0.3 is 0 Å². The first-order chi connectivity index (χ1) is 7.82. The van der Waals surface area contributed by atoms with Gasteiger partial charge < -0.3 is 5.11 Å². The molecule has 0 saturated heterocycles. The fourth-order valence-electron chi connectivity index (χ4n) is 2.12. The molecule has 1 heteroatoms. The van der Waals surface area contributed by atoms with Crippen LogP contribution in [0.25, 0.3) is 0 Å². The van der Waals surface area contributed by atoms with Crippen molar-refractivity contribution in [1.82, 2.24) is 0 Å². The Labute approximate surface area is 106 Å². The lowest BCUT2D eigenvalue weighted by molar-refractivity contribution is 0.157. The average Bonchev–Trinajstić information content (AvgIpc) is 2.24. The van der Waals surface area contributed by atoms with Gasteiger partial charge in [0, 0.05) is 0 Å². The third kappa shape index (κ3) is 4.16. The number of hydrogen-bond donors (Lipinski definition) is 1. The summed E-state index contributed by atoms with van der Waals surface area (Å²) in [6.07, 6.45) is 1.59. The molecule has 1 unspecified atom stereocenters. The predicted octanol–water partition coefficient (Wildman–Crippen LogP) is 4.45. The van der Waals surface area contributed by atoms with Crippen molar-refractivity contribution in [1.29, 1.82) is 0 Å². The lowest BCUT2D eigenvalue weighted by Gasteiger charge is -2.25. The minimum atomic E-state index is -0.326. The first kappa shape index (κ1) is 14.2. The van der Waals surface area contributed by atoms with Crippen molar-refractivity contribution in [2.75, 3.05) is 0 Å². The standard InChI is InChI=1S/C16H26O/c1-12(2)10-11-15(17)13-8-6-7-9-14(13)16(3,4)5/h6-9,12,15,17H,10-11H2,1-5H3.